The third kappa shape index (κ3) is 5.19. The standard InChI is InChI=1S/C21H29N5O2/c1-4-20(27)22-12-18-11-19-13-25(9-10-26(19)24-18)14-21(28)23-16(3)17-7-5-15(2)6-8-17/h5-8,11,16H,4,9-10,12-14H2,1-3H3,(H,22,27)(H,23,28)/t16-/m1/s1. The predicted octanol–water partition coefficient (Wildman–Crippen LogP) is 1.91. The molecule has 0 unspecified atom stereocenters. The molecule has 0 fully saturated rings. The van der Waals surface area contributed by atoms with Crippen LogP contribution in [0.4, 0.5) is 0 Å². The van der Waals surface area contributed by atoms with Gasteiger partial charge >= 0.3 is 0 Å². The highest BCUT2D eigenvalue weighted by Crippen LogP contribution is 2.15. The molecule has 0 aliphatic carbocycles. The highest BCUT2D eigenvalue weighted by Gasteiger charge is 2.21. The minimum Gasteiger partial charge on any atom is -0.350 e. The summed E-state index contributed by atoms with van der Waals surface area (Å²) in [6.07, 6.45) is 0.470. The molecule has 0 saturated heterocycles. The van der Waals surface area contributed by atoms with Crippen molar-refractivity contribution in [2.24, 2.45) is 0 Å². The Hall–Kier alpha value is -2.67. The third-order valence-electron chi connectivity index (χ3n) is 5.04. The molecule has 0 bridgehead atoms. The molecule has 1 atom stereocenters. The van der Waals surface area contributed by atoms with Crippen molar-refractivity contribution in [3.05, 3.63) is 52.8 Å². The zero-order valence-electron chi connectivity index (χ0n) is 16.9. The first-order valence-electron chi connectivity index (χ1n) is 9.85. The molecule has 2 N–H and O–H groups in total. The monoisotopic (exact) mass is 383 g/mol. The van der Waals surface area contributed by atoms with Crippen molar-refractivity contribution in [3.8, 4) is 0 Å². The van der Waals surface area contributed by atoms with E-state index in [9.17, 15) is 9.59 Å². The highest BCUT2D eigenvalue weighted by molar-refractivity contribution is 5.78. The Morgan fingerprint density at radius 3 is 2.64 bits per heavy atom. The second-order valence-corrected chi connectivity index (χ2v) is 7.39. The molecule has 7 nitrogen and oxygen atoms in total. The molecule has 0 saturated carbocycles. The van der Waals surface area contributed by atoms with Crippen LogP contribution >= 0.6 is 0 Å². The normalized spacial score (nSPS) is 15.0. The second-order valence-electron chi connectivity index (χ2n) is 7.39. The van der Waals surface area contributed by atoms with E-state index in [0.29, 0.717) is 26.1 Å². The molecule has 7 heteroatoms. The molecule has 1 aliphatic rings. The Labute approximate surface area is 166 Å². The van der Waals surface area contributed by atoms with Gasteiger partial charge in [-0.3, -0.25) is 19.2 Å². The SMILES string of the molecule is CCC(=O)NCc1cc2n(n1)CCN(CC(=O)N[C@H](C)c1ccc(C)cc1)C2. The molecular weight excluding hydrogens is 354 g/mol. The molecule has 1 aromatic heterocycles. The van der Waals surface area contributed by atoms with E-state index in [1.54, 1.807) is 0 Å². The van der Waals surface area contributed by atoms with Crippen LogP contribution in [0.5, 0.6) is 0 Å². The maximum absolute atomic E-state index is 12.5. The number of nitrogens with zero attached hydrogens (tertiary/aromatic N) is 3. The van der Waals surface area contributed by atoms with Gasteiger partial charge < -0.3 is 10.6 Å². The number of hydrogen-bond donors (Lipinski definition) is 2. The summed E-state index contributed by atoms with van der Waals surface area (Å²) in [4.78, 5) is 26.0. The molecule has 2 aromatic rings. The zero-order chi connectivity index (χ0) is 20.1. The molecule has 3 rings (SSSR count). The van der Waals surface area contributed by atoms with E-state index in [0.717, 1.165) is 30.0 Å². The van der Waals surface area contributed by atoms with Crippen molar-refractivity contribution >= 4 is 11.8 Å². The van der Waals surface area contributed by atoms with Gasteiger partial charge in [0, 0.05) is 19.5 Å². The van der Waals surface area contributed by atoms with Crippen molar-refractivity contribution in [3.63, 3.8) is 0 Å². The fourth-order valence-electron chi connectivity index (χ4n) is 3.34. The molecule has 28 heavy (non-hydrogen) atoms. The van der Waals surface area contributed by atoms with Crippen LogP contribution in [0, 0.1) is 6.92 Å². The first kappa shape index (κ1) is 20.1. The van der Waals surface area contributed by atoms with Crippen molar-refractivity contribution in [2.45, 2.75) is 52.9 Å². The Morgan fingerprint density at radius 1 is 1.18 bits per heavy atom. The predicted molar refractivity (Wildman–Crippen MR) is 107 cm³/mol. The Morgan fingerprint density at radius 2 is 1.93 bits per heavy atom. The van der Waals surface area contributed by atoms with Gasteiger partial charge in [0.2, 0.25) is 11.8 Å². The van der Waals surface area contributed by atoms with Gasteiger partial charge in [0.15, 0.2) is 0 Å². The highest BCUT2D eigenvalue weighted by atomic mass is 16.2. The number of nitrogens with one attached hydrogen (secondary N) is 2. The van der Waals surface area contributed by atoms with E-state index in [4.69, 9.17) is 0 Å². The topological polar surface area (TPSA) is 79.3 Å². The number of carbonyl (C=O) groups excluding carboxylic acids is 2. The van der Waals surface area contributed by atoms with Crippen molar-refractivity contribution in [1.82, 2.24) is 25.3 Å². The third-order valence-corrected chi connectivity index (χ3v) is 5.04. The number of benzene rings is 1. The minimum atomic E-state index is -0.0165. The Bertz CT molecular complexity index is 828. The van der Waals surface area contributed by atoms with Gasteiger partial charge in [-0.1, -0.05) is 36.8 Å². The Kier molecular flexibility index (Phi) is 6.46. The van der Waals surface area contributed by atoms with Crippen molar-refractivity contribution in [2.75, 3.05) is 13.1 Å². The smallest absolute Gasteiger partial charge is 0.234 e. The maximum Gasteiger partial charge on any atom is 0.234 e. The summed E-state index contributed by atoms with van der Waals surface area (Å²) >= 11 is 0. The van der Waals surface area contributed by atoms with Gasteiger partial charge in [0.1, 0.15) is 0 Å². The Balaban J connectivity index is 1.51. The van der Waals surface area contributed by atoms with Crippen LogP contribution < -0.4 is 10.6 Å². The van der Waals surface area contributed by atoms with E-state index < -0.39 is 0 Å². The number of aromatic nitrogens is 2. The molecule has 0 spiro atoms. The molecule has 1 aliphatic heterocycles. The van der Waals surface area contributed by atoms with Gasteiger partial charge in [-0.2, -0.15) is 5.10 Å². The van der Waals surface area contributed by atoms with Gasteiger partial charge in [0.25, 0.3) is 0 Å². The van der Waals surface area contributed by atoms with E-state index in [1.165, 1.54) is 5.56 Å². The first-order chi connectivity index (χ1) is 13.4. The van der Waals surface area contributed by atoms with E-state index >= 15 is 0 Å². The first-order valence-corrected chi connectivity index (χ1v) is 9.85. The average Bonchev–Trinajstić information content (AvgIpc) is 3.08. The quantitative estimate of drug-likeness (QED) is 0.766. The lowest BCUT2D eigenvalue weighted by molar-refractivity contribution is -0.123. The summed E-state index contributed by atoms with van der Waals surface area (Å²) in [6.45, 7) is 8.91. The zero-order valence-corrected chi connectivity index (χ0v) is 16.9. The van der Waals surface area contributed by atoms with Crippen molar-refractivity contribution in [1.29, 1.82) is 0 Å². The lowest BCUT2D eigenvalue weighted by Crippen LogP contribution is -2.42. The van der Waals surface area contributed by atoms with Gasteiger partial charge in [0.05, 0.1) is 37.1 Å². The molecule has 1 aromatic carbocycles. The number of carbonyl (C=O) groups is 2. The molecule has 0 radical (unpaired) electrons. The molecular formula is C21H29N5O2. The van der Waals surface area contributed by atoms with Crippen LogP contribution in [-0.4, -0.2) is 39.6 Å². The number of aryl methyl sites for hydroxylation is 1. The summed E-state index contributed by atoms with van der Waals surface area (Å²) in [5.41, 5.74) is 4.25. The van der Waals surface area contributed by atoms with E-state index in [-0.39, 0.29) is 17.9 Å². The maximum atomic E-state index is 12.5. The summed E-state index contributed by atoms with van der Waals surface area (Å²) in [5.74, 6) is 0.0449. The summed E-state index contributed by atoms with van der Waals surface area (Å²) < 4.78 is 1.97. The van der Waals surface area contributed by atoms with Crippen LogP contribution in [0.15, 0.2) is 30.3 Å². The second kappa shape index (κ2) is 9.01. The van der Waals surface area contributed by atoms with Crippen LogP contribution in [0.1, 0.15) is 48.8 Å². The average molecular weight is 383 g/mol. The van der Waals surface area contributed by atoms with Gasteiger partial charge in [-0.05, 0) is 25.5 Å². The fraction of sp³-hybridized carbons (Fsp3) is 0.476. The number of hydrogen-bond acceptors (Lipinski definition) is 4. The number of fused-ring (bicyclic) bond motifs is 1. The molecule has 150 valence electrons. The van der Waals surface area contributed by atoms with E-state index in [1.807, 2.05) is 24.6 Å². The van der Waals surface area contributed by atoms with Gasteiger partial charge in [-0.15, -0.1) is 0 Å². The minimum absolute atomic E-state index is 0.0165. The number of amides is 2. The molecule has 2 heterocycles. The fourth-order valence-corrected chi connectivity index (χ4v) is 3.34. The van der Waals surface area contributed by atoms with Crippen LogP contribution in [0.25, 0.3) is 0 Å². The van der Waals surface area contributed by atoms with Crippen LogP contribution in [0.3, 0.4) is 0 Å². The lowest BCUT2D eigenvalue weighted by Gasteiger charge is -2.27. The summed E-state index contributed by atoms with van der Waals surface area (Å²) in [6, 6.07) is 10.2. The van der Waals surface area contributed by atoms with Gasteiger partial charge in [-0.25, -0.2) is 0 Å². The van der Waals surface area contributed by atoms with Crippen LogP contribution in [0.2, 0.25) is 0 Å². The number of rotatable bonds is 7. The van der Waals surface area contributed by atoms with E-state index in [2.05, 4.69) is 51.8 Å². The largest absolute Gasteiger partial charge is 0.350 e. The summed E-state index contributed by atoms with van der Waals surface area (Å²) in [7, 11) is 0. The van der Waals surface area contributed by atoms with Crippen LogP contribution in [-0.2, 0) is 29.2 Å². The molecule has 2 amide bonds. The lowest BCUT2D eigenvalue weighted by atomic mass is 10.1. The van der Waals surface area contributed by atoms with Crippen molar-refractivity contribution < 1.29 is 9.59 Å². The summed E-state index contributed by atoms with van der Waals surface area (Å²) in [5, 5.41) is 10.5.